The van der Waals surface area contributed by atoms with Crippen LogP contribution in [-0.4, -0.2) is 46.5 Å². The summed E-state index contributed by atoms with van der Waals surface area (Å²) in [5.74, 6) is 0. The van der Waals surface area contributed by atoms with Gasteiger partial charge in [0.15, 0.2) is 0 Å². The Labute approximate surface area is 81.4 Å². The van der Waals surface area contributed by atoms with Gasteiger partial charge in [-0.25, -0.2) is 0 Å². The third-order valence-corrected chi connectivity index (χ3v) is 2.13. The Morgan fingerprint density at radius 2 is 1.77 bits per heavy atom. The zero-order valence-electron chi connectivity index (χ0n) is 9.25. The van der Waals surface area contributed by atoms with Gasteiger partial charge in [0.1, 0.15) is 0 Å². The molecule has 0 unspecified atom stereocenters. The summed E-state index contributed by atoms with van der Waals surface area (Å²) in [6.45, 7) is 9.52. The zero-order chi connectivity index (χ0) is 10.5. The van der Waals surface area contributed by atoms with Crippen LogP contribution in [0.2, 0.25) is 0 Å². The highest BCUT2D eigenvalue weighted by atomic mass is 16.3. The molecule has 0 aromatic carbocycles. The minimum absolute atomic E-state index is 0.185. The number of nitrogens with zero attached hydrogens (tertiary/aromatic N) is 1. The van der Waals surface area contributed by atoms with Crippen LogP contribution in [0.3, 0.4) is 0 Å². The highest BCUT2D eigenvalue weighted by molar-refractivity contribution is 4.70. The average Bonchev–Trinajstić information content (AvgIpc) is 1.95. The monoisotopic (exact) mass is 189 g/mol. The highest BCUT2D eigenvalue weighted by Gasteiger charge is 2.16. The summed E-state index contributed by atoms with van der Waals surface area (Å²) in [5, 5.41) is 18.3. The SMILES string of the molecule is CC(C)N(CCO)CCC(C)(C)O. The van der Waals surface area contributed by atoms with Gasteiger partial charge >= 0.3 is 0 Å². The van der Waals surface area contributed by atoms with Crippen LogP contribution in [0, 0.1) is 0 Å². The van der Waals surface area contributed by atoms with Crippen molar-refractivity contribution in [2.45, 2.75) is 45.8 Å². The Hall–Kier alpha value is -0.120. The minimum atomic E-state index is -0.609. The van der Waals surface area contributed by atoms with Crippen LogP contribution in [0.15, 0.2) is 0 Å². The molecule has 3 heteroatoms. The van der Waals surface area contributed by atoms with Gasteiger partial charge in [-0.1, -0.05) is 0 Å². The van der Waals surface area contributed by atoms with E-state index in [9.17, 15) is 5.11 Å². The lowest BCUT2D eigenvalue weighted by atomic mass is 10.1. The van der Waals surface area contributed by atoms with Crippen LogP contribution in [0.25, 0.3) is 0 Å². The minimum Gasteiger partial charge on any atom is -0.395 e. The largest absolute Gasteiger partial charge is 0.395 e. The first-order valence-corrected chi connectivity index (χ1v) is 4.94. The van der Waals surface area contributed by atoms with E-state index in [0.717, 1.165) is 13.0 Å². The second-order valence-electron chi connectivity index (χ2n) is 4.42. The molecule has 13 heavy (non-hydrogen) atoms. The van der Waals surface area contributed by atoms with Gasteiger partial charge in [0, 0.05) is 19.1 Å². The molecule has 0 heterocycles. The van der Waals surface area contributed by atoms with Crippen molar-refractivity contribution in [3.63, 3.8) is 0 Å². The molecule has 0 radical (unpaired) electrons. The molecular formula is C10H23NO2. The van der Waals surface area contributed by atoms with Crippen LogP contribution < -0.4 is 0 Å². The molecule has 0 spiro atoms. The van der Waals surface area contributed by atoms with Crippen molar-refractivity contribution in [2.24, 2.45) is 0 Å². The molecule has 0 amide bonds. The lowest BCUT2D eigenvalue weighted by Gasteiger charge is -2.28. The molecule has 0 rings (SSSR count). The van der Waals surface area contributed by atoms with E-state index >= 15 is 0 Å². The number of hydrogen-bond donors (Lipinski definition) is 2. The van der Waals surface area contributed by atoms with Crippen molar-refractivity contribution in [3.8, 4) is 0 Å². The van der Waals surface area contributed by atoms with Gasteiger partial charge in [0.2, 0.25) is 0 Å². The second kappa shape index (κ2) is 5.58. The maximum absolute atomic E-state index is 9.53. The van der Waals surface area contributed by atoms with E-state index in [-0.39, 0.29) is 6.61 Å². The standard InChI is InChI=1S/C10H23NO2/c1-9(2)11(7-8-12)6-5-10(3,4)13/h9,12-13H,5-8H2,1-4H3. The molecule has 0 saturated carbocycles. The van der Waals surface area contributed by atoms with Gasteiger partial charge < -0.3 is 10.2 Å². The maximum Gasteiger partial charge on any atom is 0.0603 e. The van der Waals surface area contributed by atoms with E-state index in [2.05, 4.69) is 18.7 Å². The summed E-state index contributed by atoms with van der Waals surface area (Å²) < 4.78 is 0. The van der Waals surface area contributed by atoms with Crippen molar-refractivity contribution in [1.82, 2.24) is 4.90 Å². The molecule has 3 nitrogen and oxygen atoms in total. The Balaban J connectivity index is 3.82. The molecule has 2 N–H and O–H groups in total. The smallest absolute Gasteiger partial charge is 0.0603 e. The first kappa shape index (κ1) is 12.9. The molecule has 0 bridgehead atoms. The first-order chi connectivity index (χ1) is 5.87. The summed E-state index contributed by atoms with van der Waals surface area (Å²) in [5.41, 5.74) is -0.609. The molecule has 0 aliphatic heterocycles. The zero-order valence-corrected chi connectivity index (χ0v) is 9.25. The molecule has 0 atom stereocenters. The molecule has 0 aromatic rings. The fraction of sp³-hybridized carbons (Fsp3) is 1.00. The fourth-order valence-corrected chi connectivity index (χ4v) is 1.17. The van der Waals surface area contributed by atoms with Gasteiger partial charge in [-0.3, -0.25) is 4.90 Å². The topological polar surface area (TPSA) is 43.7 Å². The van der Waals surface area contributed by atoms with Crippen molar-refractivity contribution in [1.29, 1.82) is 0 Å². The Morgan fingerprint density at radius 1 is 1.23 bits per heavy atom. The van der Waals surface area contributed by atoms with Crippen LogP contribution in [0.5, 0.6) is 0 Å². The predicted octanol–water partition coefficient (Wildman–Crippen LogP) is 0.850. The summed E-state index contributed by atoms with van der Waals surface area (Å²) in [4.78, 5) is 2.16. The quantitative estimate of drug-likeness (QED) is 0.651. The van der Waals surface area contributed by atoms with E-state index in [1.807, 2.05) is 13.8 Å². The Bertz CT molecular complexity index is 129. The highest BCUT2D eigenvalue weighted by Crippen LogP contribution is 2.09. The van der Waals surface area contributed by atoms with Crippen LogP contribution >= 0.6 is 0 Å². The predicted molar refractivity (Wildman–Crippen MR) is 54.7 cm³/mol. The molecule has 80 valence electrons. The van der Waals surface area contributed by atoms with Crippen LogP contribution in [0.4, 0.5) is 0 Å². The van der Waals surface area contributed by atoms with Crippen molar-refractivity contribution < 1.29 is 10.2 Å². The molecule has 0 aliphatic carbocycles. The summed E-state index contributed by atoms with van der Waals surface area (Å²) in [6.07, 6.45) is 0.741. The summed E-state index contributed by atoms with van der Waals surface area (Å²) in [6, 6.07) is 0.425. The van der Waals surface area contributed by atoms with E-state index in [1.54, 1.807) is 0 Å². The summed E-state index contributed by atoms with van der Waals surface area (Å²) in [7, 11) is 0. The van der Waals surface area contributed by atoms with Crippen molar-refractivity contribution >= 4 is 0 Å². The van der Waals surface area contributed by atoms with Gasteiger partial charge in [-0.15, -0.1) is 0 Å². The lowest BCUT2D eigenvalue weighted by Crippen LogP contribution is -2.37. The lowest BCUT2D eigenvalue weighted by molar-refractivity contribution is 0.0497. The van der Waals surface area contributed by atoms with E-state index in [1.165, 1.54) is 0 Å². The van der Waals surface area contributed by atoms with Crippen molar-refractivity contribution in [2.75, 3.05) is 19.7 Å². The summed E-state index contributed by atoms with van der Waals surface area (Å²) >= 11 is 0. The number of hydrogen-bond acceptors (Lipinski definition) is 3. The fourth-order valence-electron chi connectivity index (χ4n) is 1.17. The maximum atomic E-state index is 9.53. The number of aliphatic hydroxyl groups is 2. The third kappa shape index (κ3) is 6.99. The molecule has 0 aliphatic rings. The average molecular weight is 189 g/mol. The number of rotatable bonds is 6. The van der Waals surface area contributed by atoms with E-state index in [0.29, 0.717) is 12.6 Å². The molecule has 0 saturated heterocycles. The second-order valence-corrected chi connectivity index (χ2v) is 4.42. The molecular weight excluding hydrogens is 166 g/mol. The van der Waals surface area contributed by atoms with Gasteiger partial charge in [0.25, 0.3) is 0 Å². The Morgan fingerprint density at radius 3 is 2.08 bits per heavy atom. The van der Waals surface area contributed by atoms with E-state index in [4.69, 9.17) is 5.11 Å². The normalized spacial score (nSPS) is 12.9. The van der Waals surface area contributed by atoms with Crippen LogP contribution in [0.1, 0.15) is 34.1 Å². The Kier molecular flexibility index (Phi) is 5.53. The first-order valence-electron chi connectivity index (χ1n) is 4.94. The van der Waals surface area contributed by atoms with Crippen LogP contribution in [-0.2, 0) is 0 Å². The molecule has 0 aromatic heterocycles. The van der Waals surface area contributed by atoms with E-state index < -0.39 is 5.60 Å². The van der Waals surface area contributed by atoms with Crippen molar-refractivity contribution in [3.05, 3.63) is 0 Å². The number of aliphatic hydroxyl groups excluding tert-OH is 1. The third-order valence-electron chi connectivity index (χ3n) is 2.13. The molecule has 0 fully saturated rings. The van der Waals surface area contributed by atoms with Gasteiger partial charge in [-0.2, -0.15) is 0 Å². The van der Waals surface area contributed by atoms with Gasteiger partial charge in [-0.05, 0) is 34.1 Å². The van der Waals surface area contributed by atoms with Gasteiger partial charge in [0.05, 0.1) is 12.2 Å².